The topological polar surface area (TPSA) is 56.8 Å². The van der Waals surface area contributed by atoms with Crippen LogP contribution in [0.15, 0.2) is 24.5 Å². The van der Waals surface area contributed by atoms with E-state index in [1.807, 2.05) is 29.4 Å². The number of rotatable bonds is 4. The molecular formula is C17H24N4O2. The summed E-state index contributed by atoms with van der Waals surface area (Å²) in [5.74, 6) is 0.213. The van der Waals surface area contributed by atoms with E-state index in [4.69, 9.17) is 0 Å². The fourth-order valence-electron chi connectivity index (χ4n) is 3.19. The van der Waals surface area contributed by atoms with Gasteiger partial charge in [-0.25, -0.2) is 0 Å². The van der Waals surface area contributed by atoms with Crippen LogP contribution in [-0.4, -0.2) is 70.8 Å². The Morgan fingerprint density at radius 3 is 2.48 bits per heavy atom. The number of carbonyl (C=O) groups is 2. The molecule has 0 unspecified atom stereocenters. The van der Waals surface area contributed by atoms with Crippen LogP contribution >= 0.6 is 0 Å². The maximum absolute atomic E-state index is 12.4. The van der Waals surface area contributed by atoms with Crippen molar-refractivity contribution in [2.24, 2.45) is 0 Å². The van der Waals surface area contributed by atoms with E-state index in [9.17, 15) is 9.59 Å². The first-order chi connectivity index (χ1) is 11.2. The molecule has 2 fully saturated rings. The maximum Gasteiger partial charge on any atom is 0.242 e. The van der Waals surface area contributed by atoms with E-state index in [-0.39, 0.29) is 18.4 Å². The number of likely N-dealkylation sites (tertiary alicyclic amines) is 1. The van der Waals surface area contributed by atoms with Crippen LogP contribution < -0.4 is 0 Å². The van der Waals surface area contributed by atoms with Gasteiger partial charge in [0, 0.05) is 58.1 Å². The highest BCUT2D eigenvalue weighted by molar-refractivity contribution is 5.85. The Morgan fingerprint density at radius 1 is 1.04 bits per heavy atom. The molecule has 2 aliphatic rings. The number of nitrogens with zero attached hydrogens (tertiary/aromatic N) is 4. The first-order valence-corrected chi connectivity index (χ1v) is 8.39. The lowest BCUT2D eigenvalue weighted by molar-refractivity contribution is -0.142. The van der Waals surface area contributed by atoms with E-state index in [0.29, 0.717) is 6.42 Å². The van der Waals surface area contributed by atoms with Crippen LogP contribution in [0.3, 0.4) is 0 Å². The first kappa shape index (κ1) is 15.9. The Labute approximate surface area is 137 Å². The second-order valence-electron chi connectivity index (χ2n) is 6.28. The molecule has 23 heavy (non-hydrogen) atoms. The number of aromatic nitrogens is 1. The summed E-state index contributed by atoms with van der Waals surface area (Å²) in [7, 11) is 0. The van der Waals surface area contributed by atoms with Crippen molar-refractivity contribution in [1.82, 2.24) is 19.7 Å². The van der Waals surface area contributed by atoms with Crippen molar-refractivity contribution in [3.63, 3.8) is 0 Å². The molecule has 3 heterocycles. The van der Waals surface area contributed by atoms with Crippen LogP contribution in [0.4, 0.5) is 0 Å². The minimum absolute atomic E-state index is 0.0869. The Balaban J connectivity index is 1.45. The van der Waals surface area contributed by atoms with Crippen LogP contribution in [0.2, 0.25) is 0 Å². The summed E-state index contributed by atoms with van der Waals surface area (Å²) in [6.07, 6.45) is 6.18. The predicted octanol–water partition coefficient (Wildman–Crippen LogP) is 0.738. The van der Waals surface area contributed by atoms with Crippen LogP contribution in [-0.2, 0) is 16.1 Å². The third kappa shape index (κ3) is 4.28. The van der Waals surface area contributed by atoms with Crippen molar-refractivity contribution in [3.05, 3.63) is 30.1 Å². The summed E-state index contributed by atoms with van der Waals surface area (Å²) < 4.78 is 0. The third-order valence-electron chi connectivity index (χ3n) is 4.63. The predicted molar refractivity (Wildman–Crippen MR) is 86.5 cm³/mol. The molecule has 6 heteroatoms. The van der Waals surface area contributed by atoms with Gasteiger partial charge in [-0.05, 0) is 30.5 Å². The molecule has 0 spiro atoms. The van der Waals surface area contributed by atoms with Gasteiger partial charge < -0.3 is 9.80 Å². The Morgan fingerprint density at radius 2 is 1.78 bits per heavy atom. The molecule has 3 rings (SSSR count). The molecule has 6 nitrogen and oxygen atoms in total. The summed E-state index contributed by atoms with van der Waals surface area (Å²) in [4.78, 5) is 34.2. The average molecular weight is 316 g/mol. The smallest absolute Gasteiger partial charge is 0.242 e. The molecule has 0 aromatic carbocycles. The molecule has 0 aliphatic carbocycles. The van der Waals surface area contributed by atoms with Crippen molar-refractivity contribution in [2.75, 3.05) is 39.3 Å². The standard InChI is InChI=1S/C17H24N4O2/c22-16-3-1-2-8-21(16)14-17(23)20-11-9-19(10-12-20)13-15-4-6-18-7-5-15/h4-7H,1-3,8-14H2. The minimum atomic E-state index is 0.0869. The molecule has 0 bridgehead atoms. The monoisotopic (exact) mass is 316 g/mol. The van der Waals surface area contributed by atoms with Gasteiger partial charge in [0.1, 0.15) is 0 Å². The van der Waals surface area contributed by atoms with E-state index in [0.717, 1.165) is 52.1 Å². The molecule has 2 aliphatic heterocycles. The number of pyridine rings is 1. The summed E-state index contributed by atoms with van der Waals surface area (Å²) >= 11 is 0. The van der Waals surface area contributed by atoms with Gasteiger partial charge in [0.15, 0.2) is 0 Å². The maximum atomic E-state index is 12.4. The number of piperazine rings is 1. The van der Waals surface area contributed by atoms with E-state index in [1.165, 1.54) is 5.56 Å². The van der Waals surface area contributed by atoms with Crippen molar-refractivity contribution in [2.45, 2.75) is 25.8 Å². The third-order valence-corrected chi connectivity index (χ3v) is 4.63. The minimum Gasteiger partial charge on any atom is -0.339 e. The first-order valence-electron chi connectivity index (χ1n) is 8.39. The Bertz CT molecular complexity index is 541. The van der Waals surface area contributed by atoms with E-state index in [2.05, 4.69) is 9.88 Å². The molecule has 124 valence electrons. The van der Waals surface area contributed by atoms with E-state index >= 15 is 0 Å². The van der Waals surface area contributed by atoms with Gasteiger partial charge >= 0.3 is 0 Å². The van der Waals surface area contributed by atoms with Gasteiger partial charge in [0.05, 0.1) is 6.54 Å². The van der Waals surface area contributed by atoms with Crippen LogP contribution in [0.1, 0.15) is 24.8 Å². The SMILES string of the molecule is O=C(CN1CCCCC1=O)N1CCN(Cc2ccncc2)CC1. The lowest BCUT2D eigenvalue weighted by atomic mass is 10.1. The second kappa shape index (κ2) is 7.55. The lowest BCUT2D eigenvalue weighted by Crippen LogP contribution is -2.52. The van der Waals surface area contributed by atoms with Crippen molar-refractivity contribution in [1.29, 1.82) is 0 Å². The zero-order valence-electron chi connectivity index (χ0n) is 13.5. The van der Waals surface area contributed by atoms with Crippen LogP contribution in [0, 0.1) is 0 Å². The zero-order chi connectivity index (χ0) is 16.1. The number of hydrogen-bond acceptors (Lipinski definition) is 4. The highest BCUT2D eigenvalue weighted by Gasteiger charge is 2.25. The number of piperidine rings is 1. The largest absolute Gasteiger partial charge is 0.339 e. The Hall–Kier alpha value is -1.95. The number of hydrogen-bond donors (Lipinski definition) is 0. The second-order valence-corrected chi connectivity index (χ2v) is 6.28. The molecule has 0 saturated carbocycles. The van der Waals surface area contributed by atoms with Gasteiger partial charge in [-0.15, -0.1) is 0 Å². The average Bonchev–Trinajstić information content (AvgIpc) is 2.58. The highest BCUT2D eigenvalue weighted by atomic mass is 16.2. The molecule has 0 radical (unpaired) electrons. The van der Waals surface area contributed by atoms with Crippen molar-refractivity contribution < 1.29 is 9.59 Å². The van der Waals surface area contributed by atoms with E-state index in [1.54, 1.807) is 4.90 Å². The van der Waals surface area contributed by atoms with E-state index < -0.39 is 0 Å². The van der Waals surface area contributed by atoms with Gasteiger partial charge in [-0.2, -0.15) is 0 Å². The Kier molecular flexibility index (Phi) is 5.23. The summed E-state index contributed by atoms with van der Waals surface area (Å²) in [6.45, 7) is 5.12. The van der Waals surface area contributed by atoms with Gasteiger partial charge in [0.25, 0.3) is 0 Å². The molecule has 0 N–H and O–H groups in total. The lowest BCUT2D eigenvalue weighted by Gasteiger charge is -2.36. The molecule has 2 saturated heterocycles. The molecule has 0 atom stereocenters. The van der Waals surface area contributed by atoms with Gasteiger partial charge in [-0.3, -0.25) is 19.5 Å². The fourth-order valence-corrected chi connectivity index (χ4v) is 3.19. The summed E-state index contributed by atoms with van der Waals surface area (Å²) in [5.41, 5.74) is 1.25. The quantitative estimate of drug-likeness (QED) is 0.822. The van der Waals surface area contributed by atoms with Crippen LogP contribution in [0.5, 0.6) is 0 Å². The normalized spacial score (nSPS) is 19.9. The zero-order valence-corrected chi connectivity index (χ0v) is 13.5. The van der Waals surface area contributed by atoms with Crippen molar-refractivity contribution >= 4 is 11.8 Å². The molecular weight excluding hydrogens is 292 g/mol. The molecule has 1 aromatic heterocycles. The highest BCUT2D eigenvalue weighted by Crippen LogP contribution is 2.12. The number of carbonyl (C=O) groups excluding carboxylic acids is 2. The van der Waals surface area contributed by atoms with Gasteiger partial charge in [0.2, 0.25) is 11.8 Å². The van der Waals surface area contributed by atoms with Crippen LogP contribution in [0.25, 0.3) is 0 Å². The number of amides is 2. The summed E-state index contributed by atoms with van der Waals surface area (Å²) in [5, 5.41) is 0. The summed E-state index contributed by atoms with van der Waals surface area (Å²) in [6, 6.07) is 4.05. The fraction of sp³-hybridized carbons (Fsp3) is 0.588. The molecule has 1 aromatic rings. The molecule has 2 amide bonds. The van der Waals surface area contributed by atoms with Crippen molar-refractivity contribution in [3.8, 4) is 0 Å². The van der Waals surface area contributed by atoms with Gasteiger partial charge in [-0.1, -0.05) is 0 Å².